The van der Waals surface area contributed by atoms with Crippen LogP contribution in [-0.4, -0.2) is 44.9 Å². The third-order valence-electron chi connectivity index (χ3n) is 4.77. The minimum absolute atomic E-state index is 0.0894. The zero-order chi connectivity index (χ0) is 15.9. The second-order valence-corrected chi connectivity index (χ2v) is 7.94. The average molecular weight is 324 g/mol. The number of rotatable bonds is 3. The van der Waals surface area contributed by atoms with Crippen LogP contribution in [0.4, 0.5) is 0 Å². The summed E-state index contributed by atoms with van der Waals surface area (Å²) in [6.07, 6.45) is 1.96. The molecule has 0 amide bonds. The fourth-order valence-corrected chi connectivity index (χ4v) is 5.09. The number of fused-ring (bicyclic) bond motifs is 1. The summed E-state index contributed by atoms with van der Waals surface area (Å²) in [5.74, 6) is 0.0597. The van der Waals surface area contributed by atoms with E-state index in [1.165, 1.54) is 23.5 Å². The molecule has 1 aromatic carbocycles. The smallest absolute Gasteiger partial charge is 0.337 e. The molecule has 1 aromatic rings. The molecular weight excluding hydrogens is 304 g/mol. The first-order chi connectivity index (χ1) is 10.4. The van der Waals surface area contributed by atoms with Crippen molar-refractivity contribution >= 4 is 16.0 Å². The average Bonchev–Trinajstić information content (AvgIpc) is 3.09. The van der Waals surface area contributed by atoms with E-state index < -0.39 is 16.0 Å². The molecule has 1 heterocycles. The van der Waals surface area contributed by atoms with E-state index in [4.69, 9.17) is 5.73 Å². The number of hydrogen-bond acceptors (Lipinski definition) is 5. The molecule has 0 radical (unpaired) electrons. The molecule has 7 heteroatoms. The first-order valence-electron chi connectivity index (χ1n) is 7.37. The first kappa shape index (κ1) is 15.5. The van der Waals surface area contributed by atoms with Crippen LogP contribution in [0.15, 0.2) is 29.2 Å². The predicted molar refractivity (Wildman–Crippen MR) is 80.7 cm³/mol. The van der Waals surface area contributed by atoms with E-state index in [9.17, 15) is 13.2 Å². The molecule has 2 aliphatic rings. The van der Waals surface area contributed by atoms with Crippen LogP contribution in [0.3, 0.4) is 0 Å². The van der Waals surface area contributed by atoms with Crippen molar-refractivity contribution in [3.8, 4) is 0 Å². The van der Waals surface area contributed by atoms with Crippen LogP contribution in [-0.2, 0) is 14.8 Å². The lowest BCUT2D eigenvalue weighted by atomic mass is 9.98. The van der Waals surface area contributed by atoms with Crippen molar-refractivity contribution in [2.45, 2.75) is 23.8 Å². The number of ether oxygens (including phenoxy) is 1. The molecule has 0 aromatic heterocycles. The maximum absolute atomic E-state index is 12.8. The Hall–Kier alpha value is -1.44. The van der Waals surface area contributed by atoms with E-state index >= 15 is 0 Å². The summed E-state index contributed by atoms with van der Waals surface area (Å²) in [5.41, 5.74) is 6.30. The number of carbonyl (C=O) groups excluding carboxylic acids is 1. The number of carbonyl (C=O) groups is 1. The van der Waals surface area contributed by atoms with Gasteiger partial charge in [-0.05, 0) is 42.9 Å². The van der Waals surface area contributed by atoms with Gasteiger partial charge in [0.2, 0.25) is 10.0 Å². The Morgan fingerprint density at radius 1 is 1.32 bits per heavy atom. The number of hydrogen-bond donors (Lipinski definition) is 1. The Bertz CT molecular complexity index is 689. The normalized spacial score (nSPS) is 28.5. The summed E-state index contributed by atoms with van der Waals surface area (Å²) in [6, 6.07) is 6.07. The highest BCUT2D eigenvalue weighted by Crippen LogP contribution is 2.39. The Morgan fingerprint density at radius 3 is 2.77 bits per heavy atom. The van der Waals surface area contributed by atoms with Gasteiger partial charge in [0.05, 0.1) is 17.6 Å². The molecule has 0 spiro atoms. The predicted octanol–water partition coefficient (Wildman–Crippen LogP) is 0.831. The number of nitrogens with zero attached hydrogens (tertiary/aromatic N) is 1. The van der Waals surface area contributed by atoms with E-state index in [2.05, 4.69) is 4.74 Å². The molecule has 1 saturated heterocycles. The summed E-state index contributed by atoms with van der Waals surface area (Å²) in [5, 5.41) is 0. The zero-order valence-electron chi connectivity index (χ0n) is 12.4. The van der Waals surface area contributed by atoms with Crippen LogP contribution < -0.4 is 5.73 Å². The number of methoxy groups -OCH3 is 1. The molecule has 2 fully saturated rings. The molecule has 22 heavy (non-hydrogen) atoms. The van der Waals surface area contributed by atoms with Crippen molar-refractivity contribution in [1.82, 2.24) is 4.31 Å². The van der Waals surface area contributed by atoms with Crippen molar-refractivity contribution in [2.24, 2.45) is 17.6 Å². The maximum atomic E-state index is 12.8. The molecule has 120 valence electrons. The molecule has 0 bridgehead atoms. The van der Waals surface area contributed by atoms with Gasteiger partial charge >= 0.3 is 5.97 Å². The van der Waals surface area contributed by atoms with Crippen LogP contribution in [0, 0.1) is 11.8 Å². The lowest BCUT2D eigenvalue weighted by Crippen LogP contribution is -2.33. The molecule has 1 aliphatic heterocycles. The van der Waals surface area contributed by atoms with Crippen molar-refractivity contribution < 1.29 is 17.9 Å². The zero-order valence-corrected chi connectivity index (χ0v) is 13.3. The van der Waals surface area contributed by atoms with Gasteiger partial charge in [-0.1, -0.05) is 6.07 Å². The monoisotopic (exact) mass is 324 g/mol. The van der Waals surface area contributed by atoms with Gasteiger partial charge in [-0.25, -0.2) is 13.2 Å². The number of nitrogens with two attached hydrogens (primary N) is 1. The van der Waals surface area contributed by atoms with Gasteiger partial charge in [-0.2, -0.15) is 4.31 Å². The fourth-order valence-electron chi connectivity index (χ4n) is 3.51. The lowest BCUT2D eigenvalue weighted by molar-refractivity contribution is 0.0600. The van der Waals surface area contributed by atoms with Gasteiger partial charge in [0.1, 0.15) is 0 Å². The van der Waals surface area contributed by atoms with E-state index in [0.717, 1.165) is 12.8 Å². The quantitative estimate of drug-likeness (QED) is 0.832. The molecule has 3 rings (SSSR count). The Kier molecular flexibility index (Phi) is 3.96. The standard InChI is InChI=1S/C15H20N2O4S/c1-21-15(18)10-3-2-4-12(7-10)22(19,20)17-8-11-5-6-14(16)13(11)9-17/h2-4,7,11,13-14H,5-6,8-9,16H2,1H3. The largest absolute Gasteiger partial charge is 0.465 e. The third kappa shape index (κ3) is 2.53. The van der Waals surface area contributed by atoms with Gasteiger partial charge in [-0.3, -0.25) is 0 Å². The maximum Gasteiger partial charge on any atom is 0.337 e. The van der Waals surface area contributed by atoms with Crippen LogP contribution in [0.5, 0.6) is 0 Å². The molecule has 1 aliphatic carbocycles. The van der Waals surface area contributed by atoms with E-state index in [1.54, 1.807) is 12.1 Å². The van der Waals surface area contributed by atoms with E-state index in [0.29, 0.717) is 19.0 Å². The minimum atomic E-state index is -3.60. The summed E-state index contributed by atoms with van der Waals surface area (Å²) in [7, 11) is -2.33. The molecule has 3 atom stereocenters. The highest BCUT2D eigenvalue weighted by molar-refractivity contribution is 7.89. The van der Waals surface area contributed by atoms with E-state index in [1.807, 2.05) is 0 Å². The number of sulfonamides is 1. The Balaban J connectivity index is 1.86. The molecular formula is C15H20N2O4S. The first-order valence-corrected chi connectivity index (χ1v) is 8.81. The van der Waals surface area contributed by atoms with E-state index in [-0.39, 0.29) is 22.4 Å². The second-order valence-electron chi connectivity index (χ2n) is 6.01. The Labute approximate surface area is 130 Å². The molecule has 6 nitrogen and oxygen atoms in total. The molecule has 3 unspecified atom stereocenters. The van der Waals surface area contributed by atoms with Crippen molar-refractivity contribution in [3.05, 3.63) is 29.8 Å². The summed E-state index contributed by atoms with van der Waals surface area (Å²) in [4.78, 5) is 11.7. The van der Waals surface area contributed by atoms with Crippen molar-refractivity contribution in [1.29, 1.82) is 0 Å². The number of esters is 1. The highest BCUT2D eigenvalue weighted by Gasteiger charge is 2.45. The topological polar surface area (TPSA) is 89.7 Å². The molecule has 1 saturated carbocycles. The van der Waals surface area contributed by atoms with Gasteiger partial charge in [0.25, 0.3) is 0 Å². The molecule has 2 N–H and O–H groups in total. The second kappa shape index (κ2) is 5.64. The summed E-state index contributed by atoms with van der Waals surface area (Å²) in [6.45, 7) is 0.986. The minimum Gasteiger partial charge on any atom is -0.465 e. The lowest BCUT2D eigenvalue weighted by Gasteiger charge is -2.19. The summed E-state index contributed by atoms with van der Waals surface area (Å²) >= 11 is 0. The van der Waals surface area contributed by atoms with Gasteiger partial charge in [-0.15, -0.1) is 0 Å². The third-order valence-corrected chi connectivity index (χ3v) is 6.60. The van der Waals surface area contributed by atoms with Gasteiger partial charge in [0, 0.05) is 19.1 Å². The Morgan fingerprint density at radius 2 is 2.09 bits per heavy atom. The van der Waals surface area contributed by atoms with Crippen LogP contribution in [0.1, 0.15) is 23.2 Å². The van der Waals surface area contributed by atoms with Crippen molar-refractivity contribution in [2.75, 3.05) is 20.2 Å². The van der Waals surface area contributed by atoms with Crippen LogP contribution in [0.25, 0.3) is 0 Å². The van der Waals surface area contributed by atoms with Gasteiger partial charge < -0.3 is 10.5 Å². The fraction of sp³-hybridized carbons (Fsp3) is 0.533. The van der Waals surface area contributed by atoms with Crippen molar-refractivity contribution in [3.63, 3.8) is 0 Å². The highest BCUT2D eigenvalue weighted by atomic mass is 32.2. The SMILES string of the molecule is COC(=O)c1cccc(S(=O)(=O)N2CC3CCC(N)C3C2)c1. The van der Waals surface area contributed by atoms with Crippen LogP contribution in [0.2, 0.25) is 0 Å². The van der Waals surface area contributed by atoms with Crippen LogP contribution >= 0.6 is 0 Å². The summed E-state index contributed by atoms with van der Waals surface area (Å²) < 4.78 is 31.7. The van der Waals surface area contributed by atoms with Gasteiger partial charge in [0.15, 0.2) is 0 Å². The number of benzene rings is 1.